The minimum atomic E-state index is -3.79. The molecule has 0 unspecified atom stereocenters. The van der Waals surface area contributed by atoms with Crippen molar-refractivity contribution in [2.45, 2.75) is 17.9 Å². The summed E-state index contributed by atoms with van der Waals surface area (Å²) < 4.78 is 27.4. The second kappa shape index (κ2) is 7.50. The van der Waals surface area contributed by atoms with Crippen LogP contribution in [-0.2, 0) is 10.0 Å². The predicted octanol–water partition coefficient (Wildman–Crippen LogP) is 1.74. The van der Waals surface area contributed by atoms with Crippen LogP contribution in [0.5, 0.6) is 5.75 Å². The number of hydrogen-bond acceptors (Lipinski definition) is 6. The van der Waals surface area contributed by atoms with Gasteiger partial charge in [0.25, 0.3) is 5.91 Å². The fraction of sp³-hybridized carbons (Fsp3) is 0.188. The molecule has 2 aromatic carbocycles. The maximum Gasteiger partial charge on any atom is 0.311 e. The van der Waals surface area contributed by atoms with Crippen molar-refractivity contribution < 1.29 is 22.9 Å². The number of methoxy groups -OCH3 is 1. The zero-order chi connectivity index (χ0) is 19.5. The molecule has 0 saturated heterocycles. The first-order valence-corrected chi connectivity index (χ1v) is 8.94. The summed E-state index contributed by atoms with van der Waals surface area (Å²) in [5, 5.41) is 18.8. The Hall–Kier alpha value is -2.98. The number of rotatable bonds is 6. The highest BCUT2D eigenvalue weighted by atomic mass is 32.2. The van der Waals surface area contributed by atoms with Gasteiger partial charge in [0, 0.05) is 11.6 Å². The van der Waals surface area contributed by atoms with Gasteiger partial charge < -0.3 is 10.1 Å². The Labute approximate surface area is 150 Å². The van der Waals surface area contributed by atoms with Gasteiger partial charge in [-0.2, -0.15) is 0 Å². The molecule has 9 nitrogen and oxygen atoms in total. The second-order valence-electron chi connectivity index (χ2n) is 5.45. The molecule has 2 aromatic rings. The largest absolute Gasteiger partial charge is 0.490 e. The zero-order valence-electron chi connectivity index (χ0n) is 14.0. The molecule has 1 amide bonds. The van der Waals surface area contributed by atoms with E-state index in [4.69, 9.17) is 9.88 Å². The number of amides is 1. The van der Waals surface area contributed by atoms with E-state index in [9.17, 15) is 23.3 Å². The molecule has 1 atom stereocenters. The highest BCUT2D eigenvalue weighted by molar-refractivity contribution is 7.89. The molecule has 10 heteroatoms. The lowest BCUT2D eigenvalue weighted by molar-refractivity contribution is -0.385. The Morgan fingerprint density at radius 1 is 1.23 bits per heavy atom. The summed E-state index contributed by atoms with van der Waals surface area (Å²) in [5.41, 5.74) is 0.435. The van der Waals surface area contributed by atoms with Crippen LogP contribution < -0.4 is 15.2 Å². The summed E-state index contributed by atoms with van der Waals surface area (Å²) in [6.45, 7) is 1.70. The van der Waals surface area contributed by atoms with E-state index in [0.717, 1.165) is 6.07 Å². The Kier molecular flexibility index (Phi) is 5.58. The third-order valence-corrected chi connectivity index (χ3v) is 4.62. The molecule has 0 heterocycles. The molecule has 138 valence electrons. The topological polar surface area (TPSA) is 142 Å². The second-order valence-corrected chi connectivity index (χ2v) is 7.01. The number of nitro benzene ring substituents is 1. The zero-order valence-corrected chi connectivity index (χ0v) is 14.8. The SMILES string of the molecule is COc1ccc(C(=O)N[C@@H](C)c2ccc(S(N)(=O)=O)cc2)cc1[N+](=O)[O-]. The van der Waals surface area contributed by atoms with Crippen LogP contribution in [0.2, 0.25) is 0 Å². The van der Waals surface area contributed by atoms with E-state index < -0.39 is 26.9 Å². The molecule has 0 spiro atoms. The smallest absolute Gasteiger partial charge is 0.311 e. The predicted molar refractivity (Wildman–Crippen MR) is 93.3 cm³/mol. The summed E-state index contributed by atoms with van der Waals surface area (Å²) >= 11 is 0. The number of nitrogens with one attached hydrogen (secondary N) is 1. The Balaban J connectivity index is 2.19. The van der Waals surface area contributed by atoms with Crippen LogP contribution in [0.1, 0.15) is 28.9 Å². The summed E-state index contributed by atoms with van der Waals surface area (Å²) in [5.74, 6) is -0.461. The Morgan fingerprint density at radius 3 is 2.35 bits per heavy atom. The van der Waals surface area contributed by atoms with Crippen LogP contribution in [0.15, 0.2) is 47.4 Å². The van der Waals surface area contributed by atoms with Gasteiger partial charge in [-0.15, -0.1) is 0 Å². The standard InChI is InChI=1S/C16H17N3O6S/c1-10(11-3-6-13(7-4-11)26(17,23)24)18-16(20)12-5-8-15(25-2)14(9-12)19(21)22/h3-10H,1-2H3,(H,18,20)(H2,17,23,24)/t10-/m0/s1. The molecule has 0 fully saturated rings. The number of benzene rings is 2. The average molecular weight is 379 g/mol. The molecule has 0 aliphatic rings. The minimum Gasteiger partial charge on any atom is -0.490 e. The first-order valence-electron chi connectivity index (χ1n) is 7.39. The molecule has 0 aliphatic carbocycles. The van der Waals surface area contributed by atoms with E-state index in [1.54, 1.807) is 6.92 Å². The van der Waals surface area contributed by atoms with Gasteiger partial charge >= 0.3 is 5.69 Å². The number of ether oxygens (including phenoxy) is 1. The highest BCUT2D eigenvalue weighted by Gasteiger charge is 2.19. The van der Waals surface area contributed by atoms with Crippen molar-refractivity contribution in [1.82, 2.24) is 5.32 Å². The van der Waals surface area contributed by atoms with Gasteiger partial charge in [0.1, 0.15) is 0 Å². The van der Waals surface area contributed by atoms with E-state index in [-0.39, 0.29) is 21.9 Å². The van der Waals surface area contributed by atoms with E-state index in [1.165, 1.54) is 43.5 Å². The molecule has 0 aromatic heterocycles. The van der Waals surface area contributed by atoms with E-state index in [0.29, 0.717) is 5.56 Å². The lowest BCUT2D eigenvalue weighted by Gasteiger charge is -2.15. The third kappa shape index (κ3) is 4.35. The Bertz CT molecular complexity index is 941. The van der Waals surface area contributed by atoms with Crippen molar-refractivity contribution in [2.24, 2.45) is 5.14 Å². The van der Waals surface area contributed by atoms with Crippen molar-refractivity contribution >= 4 is 21.6 Å². The van der Waals surface area contributed by atoms with Crippen molar-refractivity contribution in [2.75, 3.05) is 7.11 Å². The number of nitrogens with zero attached hydrogens (tertiary/aromatic N) is 1. The number of hydrogen-bond donors (Lipinski definition) is 2. The van der Waals surface area contributed by atoms with E-state index in [1.807, 2.05) is 0 Å². The first-order chi connectivity index (χ1) is 12.1. The maximum absolute atomic E-state index is 12.3. The van der Waals surface area contributed by atoms with Crippen LogP contribution in [0.25, 0.3) is 0 Å². The van der Waals surface area contributed by atoms with Crippen molar-refractivity contribution in [3.8, 4) is 5.75 Å². The molecule has 0 saturated carbocycles. The molecule has 26 heavy (non-hydrogen) atoms. The van der Waals surface area contributed by atoms with Gasteiger partial charge in [0.15, 0.2) is 5.75 Å². The Morgan fingerprint density at radius 2 is 1.85 bits per heavy atom. The molecule has 2 rings (SSSR count). The molecule has 0 aliphatic heterocycles. The molecule has 0 bridgehead atoms. The molecule has 3 N–H and O–H groups in total. The summed E-state index contributed by atoms with van der Waals surface area (Å²) in [4.78, 5) is 22.7. The number of sulfonamides is 1. The van der Waals surface area contributed by atoms with Gasteiger partial charge in [-0.3, -0.25) is 14.9 Å². The quantitative estimate of drug-likeness (QED) is 0.578. The van der Waals surface area contributed by atoms with Crippen LogP contribution in [-0.4, -0.2) is 26.4 Å². The monoisotopic (exact) mass is 379 g/mol. The first kappa shape index (κ1) is 19.3. The van der Waals surface area contributed by atoms with E-state index in [2.05, 4.69) is 5.32 Å². The fourth-order valence-electron chi connectivity index (χ4n) is 2.28. The number of carbonyl (C=O) groups is 1. The highest BCUT2D eigenvalue weighted by Crippen LogP contribution is 2.27. The number of primary sulfonamides is 1. The van der Waals surface area contributed by atoms with Crippen LogP contribution >= 0.6 is 0 Å². The average Bonchev–Trinajstić information content (AvgIpc) is 2.60. The van der Waals surface area contributed by atoms with Gasteiger partial charge in [0.05, 0.1) is 23.0 Å². The van der Waals surface area contributed by atoms with Gasteiger partial charge in [-0.1, -0.05) is 12.1 Å². The van der Waals surface area contributed by atoms with Crippen LogP contribution in [0.4, 0.5) is 5.69 Å². The number of nitrogens with two attached hydrogens (primary N) is 1. The lowest BCUT2D eigenvalue weighted by atomic mass is 10.1. The van der Waals surface area contributed by atoms with Gasteiger partial charge in [-0.25, -0.2) is 13.6 Å². The third-order valence-electron chi connectivity index (χ3n) is 3.69. The van der Waals surface area contributed by atoms with E-state index >= 15 is 0 Å². The maximum atomic E-state index is 12.3. The number of carbonyl (C=O) groups excluding carboxylic acids is 1. The summed E-state index contributed by atoms with van der Waals surface area (Å²) in [7, 11) is -2.49. The normalized spacial score (nSPS) is 12.3. The summed E-state index contributed by atoms with van der Waals surface area (Å²) in [6, 6.07) is 9.17. The lowest BCUT2D eigenvalue weighted by Crippen LogP contribution is -2.26. The van der Waals surface area contributed by atoms with Crippen molar-refractivity contribution in [3.05, 3.63) is 63.7 Å². The number of nitro groups is 1. The molecular formula is C16H17N3O6S. The van der Waals surface area contributed by atoms with Crippen LogP contribution in [0, 0.1) is 10.1 Å². The van der Waals surface area contributed by atoms with Crippen molar-refractivity contribution in [1.29, 1.82) is 0 Å². The fourth-order valence-corrected chi connectivity index (χ4v) is 2.80. The molecule has 0 radical (unpaired) electrons. The van der Waals surface area contributed by atoms with Crippen molar-refractivity contribution in [3.63, 3.8) is 0 Å². The summed E-state index contributed by atoms with van der Waals surface area (Å²) in [6.07, 6.45) is 0. The van der Waals surface area contributed by atoms with Crippen LogP contribution in [0.3, 0.4) is 0 Å². The molecular weight excluding hydrogens is 362 g/mol. The van der Waals surface area contributed by atoms with Gasteiger partial charge in [-0.05, 0) is 36.8 Å². The minimum absolute atomic E-state index is 0.0365. The van der Waals surface area contributed by atoms with Gasteiger partial charge in [0.2, 0.25) is 10.0 Å².